The van der Waals surface area contributed by atoms with Crippen molar-refractivity contribution in [2.45, 2.75) is 136 Å². The number of likely N-dealkylation sites (N-methyl/N-ethyl adjacent to an activating group) is 1. The number of esters is 3. The Morgan fingerprint density at radius 1 is 0.699 bits per heavy atom. The summed E-state index contributed by atoms with van der Waals surface area (Å²) in [7, 11) is 7.00. The summed E-state index contributed by atoms with van der Waals surface area (Å²) in [5.74, 6) is 0.162. The number of unbranched alkanes of at least 4 members (excludes halogenated alkanes) is 1. The van der Waals surface area contributed by atoms with Crippen molar-refractivity contribution in [2.24, 2.45) is 5.92 Å². The summed E-state index contributed by atoms with van der Waals surface area (Å²) in [6.07, 6.45) is 2.07. The first-order chi connectivity index (χ1) is 64.0. The molecule has 0 radical (unpaired) electrons. The van der Waals surface area contributed by atoms with E-state index in [-0.39, 0.29) is 83.7 Å². The van der Waals surface area contributed by atoms with Crippen molar-refractivity contribution in [1.29, 1.82) is 0 Å². The van der Waals surface area contributed by atoms with E-state index in [0.717, 1.165) is 40.9 Å². The number of nitrogens with zero attached hydrogens (tertiary/aromatic N) is 7. The van der Waals surface area contributed by atoms with Gasteiger partial charge in [-0.2, -0.15) is 0 Å². The van der Waals surface area contributed by atoms with Gasteiger partial charge in [0.2, 0.25) is 18.1 Å². The minimum atomic E-state index is -1.53. The number of hydrogen-bond donors (Lipinski definition) is 2. The number of ether oxygens (including phenoxy) is 12. The van der Waals surface area contributed by atoms with Gasteiger partial charge in [-0.15, -0.1) is 17.8 Å². The number of carbonyl (C=O) groups excluding carboxylic acids is 7. The first-order valence-corrected chi connectivity index (χ1v) is 45.0. The largest absolute Gasteiger partial charge is 0.508 e. The fourth-order valence-corrected chi connectivity index (χ4v) is 17.1. The first-order valence-electron chi connectivity index (χ1n) is 43.8. The molecule has 3 amide bonds. The molecular weight excluding hydrogens is 1740 g/mol. The van der Waals surface area contributed by atoms with Gasteiger partial charge >= 0.3 is 36.2 Å². The summed E-state index contributed by atoms with van der Waals surface area (Å²) in [6, 6.07) is 53.9. The SMILES string of the molecule is C#CCOC(=O)N[C@@H](CCCCOC(=O)OC(C)(C)C)C(=O)O[C@H](C(=O)O[C@@H](C)C(=O)Nc1ccc(C[N+]2(C)CCN(CCOc3ccc(-c4c(-c5ccc(F)cc5)sc5ncnc(O[C@H](Cc6ccccc6OCc6ccnc(-c7ccccc7OC)n6)C(=O)OCc6ccc(OC)cc6)c45)c(C)c3Cl)CC2)c(CN(C)C(=O)OCC2c3ccccc3-c3ccccc32)c1)C(C)C. The first kappa shape index (κ1) is 96.8. The number of halogens is 2. The van der Waals surface area contributed by atoms with E-state index in [0.29, 0.717) is 135 Å². The number of thiophene rings is 1. The molecule has 1 saturated heterocycles. The number of amides is 3. The molecule has 3 aromatic heterocycles. The normalized spacial score (nSPS) is 13.7. The number of aromatic nitrogens is 4. The zero-order valence-corrected chi connectivity index (χ0v) is 77.7. The Kier molecular flexibility index (Phi) is 32.7. The molecule has 1 aliphatic heterocycles. The van der Waals surface area contributed by atoms with Crippen LogP contribution in [-0.4, -0.2) is 194 Å². The fourth-order valence-electron chi connectivity index (χ4n) is 15.7. The molecule has 13 rings (SSSR count). The highest BCUT2D eigenvalue weighted by molar-refractivity contribution is 7.22. The Morgan fingerprint density at radius 2 is 1.40 bits per heavy atom. The van der Waals surface area contributed by atoms with E-state index in [9.17, 15) is 38.0 Å². The van der Waals surface area contributed by atoms with Gasteiger partial charge in [-0.05, 0) is 176 Å². The second kappa shape index (κ2) is 44.9. The van der Waals surface area contributed by atoms with Crippen LogP contribution >= 0.6 is 22.9 Å². The van der Waals surface area contributed by atoms with Crippen molar-refractivity contribution in [1.82, 2.24) is 35.1 Å². The quantitative estimate of drug-likeness (QED) is 0.0119. The Labute approximate surface area is 781 Å². The average Bonchev–Trinajstić information content (AvgIpc) is 1.60. The summed E-state index contributed by atoms with van der Waals surface area (Å²) in [5, 5.41) is 6.14. The molecule has 28 nitrogen and oxygen atoms in total. The number of anilines is 1. The van der Waals surface area contributed by atoms with E-state index in [1.54, 1.807) is 123 Å². The van der Waals surface area contributed by atoms with Crippen LogP contribution in [-0.2, 0) is 85.1 Å². The third kappa shape index (κ3) is 25.3. The Balaban J connectivity index is 0.691. The molecule has 2 aliphatic rings. The van der Waals surface area contributed by atoms with Gasteiger partial charge < -0.3 is 76.9 Å². The molecule has 1 aliphatic carbocycles. The molecule has 694 valence electrons. The van der Waals surface area contributed by atoms with Crippen molar-refractivity contribution in [3.63, 3.8) is 0 Å². The maximum Gasteiger partial charge on any atom is 0.508 e. The standard InChI is InChI=1S/C102H107ClFN9O19S/c1-13-52-124-99(118)110-82(30-22-23-53-125-101(120)132-102(6,7)8)96(115)131-90(63(2)3)98(117)129-65(5)93(114)109-72-40-37-69(70(55-72)57-111(9)100(119)128-61-81-78-27-17-15-25-76(78)77-26-16-18-28-79(77)81)58-113(10)50-47-112(48-51-113)49-54-123-85-44-43-75(64(4)89(85)103)87-88-94(106-62-107-95(88)133-91(87)67-35-38-71(104)39-36-67)130-86(97(116)127-59-66-33-41-74(121-11)42-34-66)56-68-24-14-20-31-83(68)126-60-73-45-46-105-92(108-73)80-29-19-21-32-84(80)122-12/h1,14-21,24-29,31-46,55,62-63,65,81-82,86,90H,22-23,30,47-54,56-61H2,2-12H3,(H-,109,110,114,118)/p+1/t65-,82-,86+,90-/m0/s1. The molecule has 1 fully saturated rings. The molecule has 4 atom stereocenters. The van der Waals surface area contributed by atoms with Crippen molar-refractivity contribution in [3.05, 3.63) is 250 Å². The van der Waals surface area contributed by atoms with Crippen LogP contribution in [0.15, 0.2) is 195 Å². The van der Waals surface area contributed by atoms with Crippen LogP contribution in [0.25, 0.3) is 54.3 Å². The van der Waals surface area contributed by atoms with Crippen molar-refractivity contribution in [3.8, 4) is 85.3 Å². The number of alkyl carbamates (subject to hydrolysis) is 1. The zero-order valence-electron chi connectivity index (χ0n) is 76.1. The molecule has 0 spiro atoms. The van der Waals surface area contributed by atoms with Gasteiger partial charge in [0.05, 0.1) is 62.6 Å². The minimum Gasteiger partial charge on any atom is -0.497 e. The Hall–Kier alpha value is -13.7. The Morgan fingerprint density at radius 3 is 2.10 bits per heavy atom. The van der Waals surface area contributed by atoms with Crippen LogP contribution in [0.2, 0.25) is 5.02 Å². The number of hydrogen-bond acceptors (Lipinski definition) is 25. The minimum absolute atomic E-state index is 0.0200. The van der Waals surface area contributed by atoms with Gasteiger partial charge in [-0.25, -0.2) is 53.1 Å². The average molecular weight is 1850 g/mol. The van der Waals surface area contributed by atoms with E-state index in [1.165, 1.54) is 41.6 Å². The number of quaternary nitrogens is 1. The highest BCUT2D eigenvalue weighted by Crippen LogP contribution is 2.51. The van der Waals surface area contributed by atoms with E-state index in [2.05, 4.69) is 57.8 Å². The van der Waals surface area contributed by atoms with Crippen LogP contribution in [0.3, 0.4) is 0 Å². The van der Waals surface area contributed by atoms with Crippen LogP contribution in [0.4, 0.5) is 24.5 Å². The van der Waals surface area contributed by atoms with E-state index in [1.807, 2.05) is 91.9 Å². The van der Waals surface area contributed by atoms with Gasteiger partial charge in [0.1, 0.15) is 84.6 Å². The lowest BCUT2D eigenvalue weighted by Gasteiger charge is -2.42. The molecule has 2 N–H and O–H groups in total. The van der Waals surface area contributed by atoms with Gasteiger partial charge in [0.15, 0.2) is 18.5 Å². The number of rotatable bonds is 39. The molecule has 0 bridgehead atoms. The number of fused-ring (bicyclic) bond motifs is 4. The summed E-state index contributed by atoms with van der Waals surface area (Å²) < 4.78 is 85.5. The molecule has 0 saturated carbocycles. The number of methoxy groups -OCH3 is 2. The lowest BCUT2D eigenvalue weighted by Crippen LogP contribution is -2.57. The number of benzene rings is 8. The highest BCUT2D eigenvalue weighted by Gasteiger charge is 2.38. The molecule has 0 unspecified atom stereocenters. The molecular formula is C102H108ClFN9O19S+. The number of piperazine rings is 1. The number of nitrogens with one attached hydrogen (secondary N) is 2. The second-order valence-corrected chi connectivity index (χ2v) is 35.3. The summed E-state index contributed by atoms with van der Waals surface area (Å²) in [6.45, 7) is 15.5. The van der Waals surface area contributed by atoms with E-state index in [4.69, 9.17) is 89.8 Å². The zero-order chi connectivity index (χ0) is 94.5. The molecule has 133 heavy (non-hydrogen) atoms. The molecule has 8 aromatic carbocycles. The van der Waals surface area contributed by atoms with Gasteiger partial charge in [-0.1, -0.05) is 147 Å². The third-order valence-corrected chi connectivity index (χ3v) is 24.4. The monoisotopic (exact) mass is 1850 g/mol. The van der Waals surface area contributed by atoms with Gasteiger partial charge in [-0.3, -0.25) is 9.69 Å². The van der Waals surface area contributed by atoms with Gasteiger partial charge in [0, 0.05) is 79.4 Å². The molecule has 4 heterocycles. The van der Waals surface area contributed by atoms with Crippen LogP contribution < -0.4 is 34.3 Å². The molecule has 11 aromatic rings. The third-order valence-electron chi connectivity index (χ3n) is 22.8. The van der Waals surface area contributed by atoms with Crippen molar-refractivity contribution >= 4 is 81.0 Å². The summed E-state index contributed by atoms with van der Waals surface area (Å²) in [5.41, 5.74) is 10.7. The van der Waals surface area contributed by atoms with Gasteiger partial charge in [0.25, 0.3) is 5.91 Å². The number of terminal acetylenes is 1. The summed E-state index contributed by atoms with van der Waals surface area (Å²) in [4.78, 5) is 120. The Bertz CT molecular complexity index is 5970. The van der Waals surface area contributed by atoms with Crippen molar-refractivity contribution in [2.75, 3.05) is 92.8 Å². The van der Waals surface area contributed by atoms with Crippen molar-refractivity contribution < 1.29 is 99.3 Å². The maximum atomic E-state index is 14.9. The van der Waals surface area contributed by atoms with Crippen LogP contribution in [0, 0.1) is 31.0 Å². The summed E-state index contributed by atoms with van der Waals surface area (Å²) >= 11 is 8.80. The topological polar surface area (TPSA) is 312 Å². The fraction of sp³-hybridized carbons (Fsp3) is 0.343. The lowest BCUT2D eigenvalue weighted by atomic mass is 9.96. The smallest absolute Gasteiger partial charge is 0.497 e. The second-order valence-electron chi connectivity index (χ2n) is 34.0. The number of carbonyl (C=O) groups is 7. The highest BCUT2D eigenvalue weighted by atomic mass is 35.5. The predicted molar refractivity (Wildman–Crippen MR) is 500 cm³/mol. The lowest BCUT2D eigenvalue weighted by molar-refractivity contribution is -0.926. The van der Waals surface area contributed by atoms with Crippen LogP contribution in [0.1, 0.15) is 111 Å². The number of para-hydroxylation sites is 2. The van der Waals surface area contributed by atoms with E-state index < -0.39 is 83.8 Å². The predicted octanol–water partition coefficient (Wildman–Crippen LogP) is 17.9. The molecule has 31 heteroatoms. The maximum absolute atomic E-state index is 14.9. The van der Waals surface area contributed by atoms with Crippen LogP contribution in [0.5, 0.6) is 28.9 Å². The van der Waals surface area contributed by atoms with E-state index >= 15 is 0 Å².